The van der Waals surface area contributed by atoms with E-state index in [1.54, 1.807) is 12.1 Å². The zero-order valence-electron chi connectivity index (χ0n) is 10.0. The molecule has 1 amide bonds. The van der Waals surface area contributed by atoms with Crippen molar-refractivity contribution in [2.75, 3.05) is 6.54 Å². The summed E-state index contributed by atoms with van der Waals surface area (Å²) in [6, 6.07) is 4.95. The third kappa shape index (κ3) is 2.84. The van der Waals surface area contributed by atoms with E-state index in [0.29, 0.717) is 18.0 Å². The van der Waals surface area contributed by atoms with E-state index in [4.69, 9.17) is 5.73 Å². The van der Waals surface area contributed by atoms with Gasteiger partial charge in [0.15, 0.2) is 0 Å². The molecule has 1 aliphatic carbocycles. The van der Waals surface area contributed by atoms with Gasteiger partial charge in [-0.15, -0.1) is 0 Å². The van der Waals surface area contributed by atoms with Crippen LogP contribution in [0.3, 0.4) is 0 Å². The van der Waals surface area contributed by atoms with Gasteiger partial charge in [0.25, 0.3) is 5.91 Å². The van der Waals surface area contributed by atoms with Crippen LogP contribution in [-0.4, -0.2) is 23.6 Å². The van der Waals surface area contributed by atoms with Gasteiger partial charge in [-0.2, -0.15) is 0 Å². The maximum absolute atomic E-state index is 12.1. The smallest absolute Gasteiger partial charge is 0.255 e. The molecule has 0 saturated heterocycles. The molecule has 0 aromatic heterocycles. The summed E-state index contributed by atoms with van der Waals surface area (Å²) in [5, 5.41) is 12.7. The zero-order chi connectivity index (χ0) is 13.1. The van der Waals surface area contributed by atoms with Crippen LogP contribution < -0.4 is 11.1 Å². The van der Waals surface area contributed by atoms with Crippen molar-refractivity contribution in [1.82, 2.24) is 5.32 Å². The Kier molecular flexibility index (Phi) is 4.24. The second-order valence-electron chi connectivity index (χ2n) is 4.67. The predicted octanol–water partition coefficient (Wildman–Crippen LogP) is 2.01. The number of rotatable bonds is 3. The fourth-order valence-electron chi connectivity index (χ4n) is 2.45. The molecule has 4 N–H and O–H groups in total. The number of hydrogen-bond donors (Lipinski definition) is 3. The summed E-state index contributed by atoms with van der Waals surface area (Å²) in [5.74, 6) is 0.111. The number of nitrogens with one attached hydrogen (secondary N) is 1. The van der Waals surface area contributed by atoms with Crippen molar-refractivity contribution in [3.05, 3.63) is 28.2 Å². The molecule has 2 unspecified atom stereocenters. The van der Waals surface area contributed by atoms with Crippen LogP contribution in [0.15, 0.2) is 22.7 Å². The Morgan fingerprint density at radius 2 is 2.28 bits per heavy atom. The molecule has 1 aliphatic rings. The van der Waals surface area contributed by atoms with Gasteiger partial charge in [-0.25, -0.2) is 0 Å². The average molecular weight is 313 g/mol. The minimum atomic E-state index is -0.237. The van der Waals surface area contributed by atoms with E-state index in [2.05, 4.69) is 21.2 Å². The normalized spacial score (nSPS) is 23.0. The second-order valence-corrected chi connectivity index (χ2v) is 5.58. The number of carbonyl (C=O) groups is 1. The number of amides is 1. The third-order valence-electron chi connectivity index (χ3n) is 3.48. The quantitative estimate of drug-likeness (QED) is 0.799. The van der Waals surface area contributed by atoms with Gasteiger partial charge in [0, 0.05) is 10.5 Å². The highest BCUT2D eigenvalue weighted by atomic mass is 79.9. The Labute approximate surface area is 115 Å². The molecule has 0 spiro atoms. The summed E-state index contributed by atoms with van der Waals surface area (Å²) in [7, 11) is 0. The zero-order valence-corrected chi connectivity index (χ0v) is 11.6. The van der Waals surface area contributed by atoms with Crippen molar-refractivity contribution in [2.24, 2.45) is 11.7 Å². The van der Waals surface area contributed by atoms with Crippen LogP contribution in [0.1, 0.15) is 29.6 Å². The molecule has 1 saturated carbocycles. The lowest BCUT2D eigenvalue weighted by molar-refractivity contribution is 0.0926. The topological polar surface area (TPSA) is 75.3 Å². The van der Waals surface area contributed by atoms with Gasteiger partial charge in [0.2, 0.25) is 0 Å². The highest BCUT2D eigenvalue weighted by Crippen LogP contribution is 2.26. The number of benzene rings is 1. The highest BCUT2D eigenvalue weighted by molar-refractivity contribution is 9.10. The molecule has 0 heterocycles. The van der Waals surface area contributed by atoms with Crippen molar-refractivity contribution in [1.29, 1.82) is 0 Å². The van der Waals surface area contributed by atoms with Crippen LogP contribution in [0.5, 0.6) is 5.75 Å². The first-order valence-electron chi connectivity index (χ1n) is 6.11. The van der Waals surface area contributed by atoms with E-state index < -0.39 is 0 Å². The molecule has 18 heavy (non-hydrogen) atoms. The summed E-state index contributed by atoms with van der Waals surface area (Å²) < 4.78 is 0.771. The largest absolute Gasteiger partial charge is 0.507 e. The lowest BCUT2D eigenvalue weighted by Gasteiger charge is -2.19. The number of halogens is 1. The predicted molar refractivity (Wildman–Crippen MR) is 73.5 cm³/mol. The van der Waals surface area contributed by atoms with E-state index >= 15 is 0 Å². The second kappa shape index (κ2) is 5.71. The highest BCUT2D eigenvalue weighted by Gasteiger charge is 2.28. The number of nitrogens with two attached hydrogens (primary N) is 1. The van der Waals surface area contributed by atoms with Crippen LogP contribution in [-0.2, 0) is 0 Å². The molecule has 0 aliphatic heterocycles. The van der Waals surface area contributed by atoms with E-state index in [1.165, 1.54) is 6.07 Å². The number of phenols is 1. The summed E-state index contributed by atoms with van der Waals surface area (Å²) in [6.07, 6.45) is 3.12. The molecule has 2 rings (SSSR count). The molecular formula is C13H17BrN2O2. The minimum absolute atomic E-state index is 0.00186. The molecule has 1 aromatic rings. The molecule has 1 fully saturated rings. The Morgan fingerprint density at radius 1 is 1.50 bits per heavy atom. The Balaban J connectivity index is 2.09. The van der Waals surface area contributed by atoms with Gasteiger partial charge in [0.05, 0.1) is 5.56 Å². The maximum atomic E-state index is 12.1. The van der Waals surface area contributed by atoms with Crippen LogP contribution in [0.2, 0.25) is 0 Å². The SMILES string of the molecule is NCC1CCCC1NC(=O)c1cc(Br)ccc1O. The van der Waals surface area contributed by atoms with Crippen molar-refractivity contribution in [3.63, 3.8) is 0 Å². The van der Waals surface area contributed by atoms with Crippen LogP contribution in [0, 0.1) is 5.92 Å². The van der Waals surface area contributed by atoms with E-state index in [1.807, 2.05) is 0 Å². The lowest BCUT2D eigenvalue weighted by atomic mass is 10.0. The van der Waals surface area contributed by atoms with Crippen molar-refractivity contribution >= 4 is 21.8 Å². The van der Waals surface area contributed by atoms with E-state index in [9.17, 15) is 9.90 Å². The van der Waals surface area contributed by atoms with Gasteiger partial charge in [0.1, 0.15) is 5.75 Å². The first-order chi connectivity index (χ1) is 8.61. The first-order valence-corrected chi connectivity index (χ1v) is 6.90. The van der Waals surface area contributed by atoms with Crippen molar-refractivity contribution in [2.45, 2.75) is 25.3 Å². The van der Waals surface area contributed by atoms with Gasteiger partial charge in [-0.3, -0.25) is 4.79 Å². The molecule has 5 heteroatoms. The average Bonchev–Trinajstić information content (AvgIpc) is 2.79. The van der Waals surface area contributed by atoms with Gasteiger partial charge in [-0.1, -0.05) is 22.4 Å². The van der Waals surface area contributed by atoms with Crippen molar-refractivity contribution in [3.8, 4) is 5.75 Å². The Morgan fingerprint density at radius 3 is 3.00 bits per heavy atom. The summed E-state index contributed by atoms with van der Waals surface area (Å²) in [5.41, 5.74) is 5.98. The molecule has 2 atom stereocenters. The summed E-state index contributed by atoms with van der Waals surface area (Å²) in [4.78, 5) is 12.1. The molecule has 0 bridgehead atoms. The van der Waals surface area contributed by atoms with Gasteiger partial charge >= 0.3 is 0 Å². The fourth-order valence-corrected chi connectivity index (χ4v) is 2.81. The molecular weight excluding hydrogens is 296 g/mol. The van der Waals surface area contributed by atoms with Crippen molar-refractivity contribution < 1.29 is 9.90 Å². The van der Waals surface area contributed by atoms with Gasteiger partial charge in [-0.05, 0) is 43.5 Å². The number of carbonyl (C=O) groups excluding carboxylic acids is 1. The number of phenolic OH excluding ortho intramolecular Hbond substituents is 1. The number of aromatic hydroxyl groups is 1. The minimum Gasteiger partial charge on any atom is -0.507 e. The maximum Gasteiger partial charge on any atom is 0.255 e. The van der Waals surface area contributed by atoms with Crippen LogP contribution >= 0.6 is 15.9 Å². The lowest BCUT2D eigenvalue weighted by Crippen LogP contribution is -2.39. The van der Waals surface area contributed by atoms with E-state index in [0.717, 1.165) is 23.7 Å². The standard InChI is InChI=1S/C13H17BrN2O2/c14-9-4-5-12(17)10(6-9)13(18)16-11-3-1-2-8(11)7-15/h4-6,8,11,17H,1-3,7,15H2,(H,16,18). The molecule has 1 aromatic carbocycles. The first kappa shape index (κ1) is 13.4. The van der Waals surface area contributed by atoms with E-state index in [-0.39, 0.29) is 17.7 Å². The van der Waals surface area contributed by atoms with Crippen LogP contribution in [0.4, 0.5) is 0 Å². The monoisotopic (exact) mass is 312 g/mol. The molecule has 0 radical (unpaired) electrons. The van der Waals surface area contributed by atoms with Crippen LogP contribution in [0.25, 0.3) is 0 Å². The Hall–Kier alpha value is -1.07. The number of hydrogen-bond acceptors (Lipinski definition) is 3. The third-order valence-corrected chi connectivity index (χ3v) is 3.97. The van der Waals surface area contributed by atoms with Gasteiger partial charge < -0.3 is 16.2 Å². The summed E-state index contributed by atoms with van der Waals surface area (Å²) in [6.45, 7) is 0.593. The fraction of sp³-hybridized carbons (Fsp3) is 0.462. The Bertz CT molecular complexity index is 451. The molecule has 98 valence electrons. The molecule has 4 nitrogen and oxygen atoms in total. The summed E-state index contributed by atoms with van der Waals surface area (Å²) >= 11 is 3.29.